The fourth-order valence-electron chi connectivity index (χ4n) is 4.22. The number of rotatable bonds is 6. The molecule has 2 aromatic rings. The van der Waals surface area contributed by atoms with Gasteiger partial charge in [-0.3, -0.25) is 14.3 Å². The van der Waals surface area contributed by atoms with E-state index in [2.05, 4.69) is 5.10 Å². The summed E-state index contributed by atoms with van der Waals surface area (Å²) in [6.45, 7) is 5.01. The topological polar surface area (TPSA) is 86.1 Å². The third kappa shape index (κ3) is 5.66. The summed E-state index contributed by atoms with van der Waals surface area (Å²) in [5.74, 6) is 0.408. The van der Waals surface area contributed by atoms with Crippen LogP contribution >= 0.6 is 11.6 Å². The van der Waals surface area contributed by atoms with Crippen LogP contribution in [-0.4, -0.2) is 89.6 Å². The number of morpholine rings is 2. The van der Waals surface area contributed by atoms with Gasteiger partial charge in [-0.15, -0.1) is 0 Å². The van der Waals surface area contributed by atoms with Crippen molar-refractivity contribution >= 4 is 23.4 Å². The Hall–Kier alpha value is -2.62. The Kier molecular flexibility index (Phi) is 7.21. The lowest BCUT2D eigenvalue weighted by Crippen LogP contribution is -2.58. The van der Waals surface area contributed by atoms with Crippen molar-refractivity contribution in [1.29, 1.82) is 0 Å². The number of benzene rings is 1. The van der Waals surface area contributed by atoms with Crippen LogP contribution in [0.25, 0.3) is 0 Å². The van der Waals surface area contributed by atoms with Crippen LogP contribution in [0.15, 0.2) is 30.5 Å². The highest BCUT2D eigenvalue weighted by molar-refractivity contribution is 6.30. The third-order valence-corrected chi connectivity index (χ3v) is 6.15. The zero-order valence-electron chi connectivity index (χ0n) is 19.0. The summed E-state index contributed by atoms with van der Waals surface area (Å²) in [5.41, 5.74) is 0.226. The number of carbonyl (C=O) groups is 2. The van der Waals surface area contributed by atoms with Crippen molar-refractivity contribution in [2.24, 2.45) is 7.05 Å². The Balaban J connectivity index is 1.54. The largest absolute Gasteiger partial charge is 0.490 e. The molecule has 1 aromatic heterocycles. The second kappa shape index (κ2) is 10.1. The maximum Gasteiger partial charge on any atom is 0.257 e. The Labute approximate surface area is 198 Å². The van der Waals surface area contributed by atoms with Gasteiger partial charge in [0.25, 0.3) is 5.91 Å². The highest BCUT2D eigenvalue weighted by Gasteiger charge is 2.43. The van der Waals surface area contributed by atoms with E-state index in [9.17, 15) is 9.59 Å². The van der Waals surface area contributed by atoms with E-state index >= 15 is 0 Å². The summed E-state index contributed by atoms with van der Waals surface area (Å²) in [4.78, 5) is 29.9. The van der Waals surface area contributed by atoms with Gasteiger partial charge in [-0.1, -0.05) is 17.7 Å². The van der Waals surface area contributed by atoms with E-state index in [1.54, 1.807) is 52.0 Å². The van der Waals surface area contributed by atoms with Crippen LogP contribution in [0.2, 0.25) is 5.02 Å². The van der Waals surface area contributed by atoms with Gasteiger partial charge in [-0.25, -0.2) is 0 Å². The summed E-state index contributed by atoms with van der Waals surface area (Å²) in [6.07, 6.45) is 1.82. The number of aromatic nitrogens is 2. The average molecular weight is 477 g/mol. The molecule has 2 fully saturated rings. The summed E-state index contributed by atoms with van der Waals surface area (Å²) in [5, 5.41) is 4.84. The maximum absolute atomic E-state index is 13.3. The number of ether oxygens (including phenoxy) is 3. The van der Waals surface area contributed by atoms with Crippen molar-refractivity contribution in [2.75, 3.05) is 52.6 Å². The summed E-state index contributed by atoms with van der Waals surface area (Å²) in [7, 11) is 1.78. The van der Waals surface area contributed by atoms with Crippen LogP contribution in [0.3, 0.4) is 0 Å². The minimum absolute atomic E-state index is 0.0418. The summed E-state index contributed by atoms with van der Waals surface area (Å²) in [6, 6.07) is 7.07. The lowest BCUT2D eigenvalue weighted by Gasteiger charge is -2.43. The molecule has 0 radical (unpaired) electrons. The van der Waals surface area contributed by atoms with Gasteiger partial charge in [0, 0.05) is 37.9 Å². The molecule has 178 valence electrons. The number of hydrogen-bond acceptors (Lipinski definition) is 6. The third-order valence-electron chi connectivity index (χ3n) is 5.91. The van der Waals surface area contributed by atoms with Crippen molar-refractivity contribution in [3.05, 3.63) is 46.7 Å². The minimum atomic E-state index is -0.984. The van der Waals surface area contributed by atoms with Crippen LogP contribution in [0.1, 0.15) is 22.5 Å². The monoisotopic (exact) mass is 476 g/mol. The predicted molar refractivity (Wildman–Crippen MR) is 121 cm³/mol. The van der Waals surface area contributed by atoms with Gasteiger partial charge in [-0.05, 0) is 25.1 Å². The normalized spacial score (nSPS) is 21.2. The van der Waals surface area contributed by atoms with Crippen molar-refractivity contribution in [1.82, 2.24) is 19.6 Å². The predicted octanol–water partition coefficient (Wildman–Crippen LogP) is 1.92. The van der Waals surface area contributed by atoms with Crippen LogP contribution in [-0.2, 0) is 21.3 Å². The molecule has 2 aliphatic rings. The number of amides is 2. The number of aryl methyl sites for hydroxylation is 2. The number of hydrogen-bond donors (Lipinski definition) is 0. The van der Waals surface area contributed by atoms with E-state index in [0.29, 0.717) is 61.5 Å². The van der Waals surface area contributed by atoms with E-state index in [4.69, 9.17) is 25.8 Å². The molecular weight excluding hydrogens is 448 g/mol. The Bertz CT molecular complexity index is 1010. The lowest BCUT2D eigenvalue weighted by molar-refractivity contribution is -0.155. The zero-order chi connectivity index (χ0) is 23.4. The molecule has 0 saturated carbocycles. The van der Waals surface area contributed by atoms with Gasteiger partial charge in [0.15, 0.2) is 0 Å². The average Bonchev–Trinajstić information content (AvgIpc) is 3.16. The highest BCUT2D eigenvalue weighted by atomic mass is 35.5. The zero-order valence-corrected chi connectivity index (χ0v) is 19.7. The van der Waals surface area contributed by atoms with Gasteiger partial charge in [-0.2, -0.15) is 5.10 Å². The van der Waals surface area contributed by atoms with Gasteiger partial charge in [0.2, 0.25) is 5.91 Å². The molecule has 0 aliphatic carbocycles. The second-order valence-electron chi connectivity index (χ2n) is 8.48. The molecule has 10 heteroatoms. The molecular formula is C23H29ClN4O5. The lowest BCUT2D eigenvalue weighted by atomic mass is 9.96. The first-order chi connectivity index (χ1) is 15.8. The van der Waals surface area contributed by atoms with Gasteiger partial charge in [0.1, 0.15) is 18.0 Å². The van der Waals surface area contributed by atoms with E-state index in [1.165, 1.54) is 0 Å². The van der Waals surface area contributed by atoms with Crippen molar-refractivity contribution in [2.45, 2.75) is 18.9 Å². The highest BCUT2D eigenvalue weighted by Crippen LogP contribution is 2.27. The Morgan fingerprint density at radius 2 is 1.94 bits per heavy atom. The minimum Gasteiger partial charge on any atom is -0.490 e. The van der Waals surface area contributed by atoms with Gasteiger partial charge in [0.05, 0.1) is 44.0 Å². The quantitative estimate of drug-likeness (QED) is 0.633. The van der Waals surface area contributed by atoms with E-state index in [1.807, 2.05) is 6.92 Å². The molecule has 0 bridgehead atoms. The molecule has 1 atom stereocenters. The van der Waals surface area contributed by atoms with Crippen molar-refractivity contribution in [3.63, 3.8) is 0 Å². The second-order valence-corrected chi connectivity index (χ2v) is 8.91. The van der Waals surface area contributed by atoms with Crippen LogP contribution in [0.5, 0.6) is 5.75 Å². The molecule has 1 unspecified atom stereocenters. The molecule has 4 rings (SSSR count). The van der Waals surface area contributed by atoms with Crippen molar-refractivity contribution in [3.8, 4) is 5.75 Å². The molecule has 33 heavy (non-hydrogen) atoms. The van der Waals surface area contributed by atoms with Crippen LogP contribution in [0, 0.1) is 6.92 Å². The fourth-order valence-corrected chi connectivity index (χ4v) is 4.40. The molecule has 2 saturated heterocycles. The molecule has 0 spiro atoms. The molecule has 2 amide bonds. The van der Waals surface area contributed by atoms with E-state index in [-0.39, 0.29) is 31.4 Å². The van der Waals surface area contributed by atoms with Crippen LogP contribution < -0.4 is 4.74 Å². The Morgan fingerprint density at radius 3 is 2.64 bits per heavy atom. The summed E-state index contributed by atoms with van der Waals surface area (Å²) < 4.78 is 19.2. The standard InChI is InChI=1S/C23H29ClN4O5/c1-17-20(14-26(2)25-17)22(30)28-8-11-33-23(15-28,13-21(29)27-6-9-31-10-7-27)16-32-19-5-3-4-18(24)12-19/h3-5,12,14H,6-11,13,15-16H2,1-2H3. The number of carbonyl (C=O) groups excluding carboxylic acids is 2. The summed E-state index contributed by atoms with van der Waals surface area (Å²) >= 11 is 6.09. The smallest absolute Gasteiger partial charge is 0.257 e. The van der Waals surface area contributed by atoms with E-state index < -0.39 is 5.60 Å². The first-order valence-corrected chi connectivity index (χ1v) is 11.4. The van der Waals surface area contributed by atoms with E-state index in [0.717, 1.165) is 0 Å². The number of nitrogens with zero attached hydrogens (tertiary/aromatic N) is 4. The first kappa shape index (κ1) is 23.5. The molecule has 3 heterocycles. The number of halogens is 1. The SMILES string of the molecule is Cc1nn(C)cc1C(=O)N1CCOC(COc2cccc(Cl)c2)(CC(=O)N2CCOCC2)C1. The Morgan fingerprint density at radius 1 is 1.18 bits per heavy atom. The maximum atomic E-state index is 13.3. The fraction of sp³-hybridized carbons (Fsp3) is 0.522. The van der Waals surface area contributed by atoms with Gasteiger partial charge < -0.3 is 24.0 Å². The molecule has 2 aliphatic heterocycles. The van der Waals surface area contributed by atoms with Gasteiger partial charge >= 0.3 is 0 Å². The van der Waals surface area contributed by atoms with Crippen molar-refractivity contribution < 1.29 is 23.8 Å². The molecule has 9 nitrogen and oxygen atoms in total. The first-order valence-electron chi connectivity index (χ1n) is 11.0. The molecule has 0 N–H and O–H groups in total. The molecule has 1 aromatic carbocycles. The van der Waals surface area contributed by atoms with Crippen LogP contribution in [0.4, 0.5) is 0 Å².